The Hall–Kier alpha value is -3.57. The Labute approximate surface area is 249 Å². The minimum atomic E-state index is -4.85. The SMILES string of the molecule is CCCNC(=O)C(Cc1ccccc1)N(Cc1ccccc1C)C(=O)CN(c1ccc(Cl)c(C(F)(F)F)c1)S(C)(=O)=O. The summed E-state index contributed by atoms with van der Waals surface area (Å²) >= 11 is 5.75. The number of sulfonamides is 1. The number of carbonyl (C=O) groups excluding carboxylic acids is 2. The molecule has 0 aliphatic rings. The minimum Gasteiger partial charge on any atom is -0.354 e. The van der Waals surface area contributed by atoms with Gasteiger partial charge < -0.3 is 10.2 Å². The molecule has 7 nitrogen and oxygen atoms in total. The zero-order valence-electron chi connectivity index (χ0n) is 23.5. The number of benzene rings is 3. The van der Waals surface area contributed by atoms with Gasteiger partial charge in [-0.05, 0) is 48.2 Å². The second-order valence-electron chi connectivity index (χ2n) is 9.88. The van der Waals surface area contributed by atoms with Crippen molar-refractivity contribution in [2.75, 3.05) is 23.7 Å². The largest absolute Gasteiger partial charge is 0.417 e. The first-order valence-corrected chi connectivity index (χ1v) is 15.4. The smallest absolute Gasteiger partial charge is 0.354 e. The Bertz CT molecular complexity index is 1500. The summed E-state index contributed by atoms with van der Waals surface area (Å²) in [7, 11) is -4.25. The summed E-state index contributed by atoms with van der Waals surface area (Å²) in [5.41, 5.74) is 0.720. The Balaban J connectivity index is 2.10. The van der Waals surface area contributed by atoms with Crippen molar-refractivity contribution in [1.82, 2.24) is 10.2 Å². The zero-order valence-corrected chi connectivity index (χ0v) is 25.1. The van der Waals surface area contributed by atoms with Gasteiger partial charge in [-0.25, -0.2) is 8.42 Å². The van der Waals surface area contributed by atoms with Crippen molar-refractivity contribution >= 4 is 39.1 Å². The molecule has 0 aromatic heterocycles. The summed E-state index contributed by atoms with van der Waals surface area (Å²) in [5, 5.41) is 2.22. The van der Waals surface area contributed by atoms with Crippen LogP contribution in [-0.2, 0) is 38.8 Å². The summed E-state index contributed by atoms with van der Waals surface area (Å²) in [6.07, 6.45) is -3.28. The highest BCUT2D eigenvalue weighted by Crippen LogP contribution is 2.37. The highest BCUT2D eigenvalue weighted by molar-refractivity contribution is 7.92. The van der Waals surface area contributed by atoms with Crippen LogP contribution in [0, 0.1) is 6.92 Å². The van der Waals surface area contributed by atoms with Crippen LogP contribution in [0.2, 0.25) is 5.02 Å². The Kier molecular flexibility index (Phi) is 11.0. The van der Waals surface area contributed by atoms with Crippen LogP contribution in [0.5, 0.6) is 0 Å². The van der Waals surface area contributed by atoms with Gasteiger partial charge in [0.2, 0.25) is 21.8 Å². The standard InChI is InChI=1S/C30H33ClF3N3O4S/c1-4-16-35-29(39)27(17-22-11-6-5-7-12-22)36(19-23-13-9-8-10-21(23)2)28(38)20-37(42(3,40)41)24-14-15-26(31)25(18-24)30(32,33)34/h5-15,18,27H,4,16-17,19-20H2,1-3H3,(H,35,39). The van der Waals surface area contributed by atoms with Gasteiger partial charge in [0.25, 0.3) is 0 Å². The summed E-state index contributed by atoms with van der Waals surface area (Å²) in [5.74, 6) is -1.20. The van der Waals surface area contributed by atoms with Crippen molar-refractivity contribution in [1.29, 1.82) is 0 Å². The summed E-state index contributed by atoms with van der Waals surface area (Å²) in [4.78, 5) is 28.8. The van der Waals surface area contributed by atoms with Crippen LogP contribution in [0.3, 0.4) is 0 Å². The molecule has 2 amide bonds. The van der Waals surface area contributed by atoms with E-state index >= 15 is 0 Å². The maximum Gasteiger partial charge on any atom is 0.417 e. The molecule has 0 fully saturated rings. The summed E-state index contributed by atoms with van der Waals surface area (Å²) < 4.78 is 67.1. The molecule has 3 aromatic rings. The first-order chi connectivity index (χ1) is 19.7. The lowest BCUT2D eigenvalue weighted by molar-refractivity contribution is -0.140. The van der Waals surface area contributed by atoms with Crippen molar-refractivity contribution in [3.8, 4) is 0 Å². The summed E-state index contributed by atoms with van der Waals surface area (Å²) in [6.45, 7) is 3.21. The van der Waals surface area contributed by atoms with Crippen LogP contribution in [-0.4, -0.2) is 50.5 Å². The molecule has 0 heterocycles. The number of nitrogens with zero attached hydrogens (tertiary/aromatic N) is 2. The molecule has 3 rings (SSSR count). The lowest BCUT2D eigenvalue weighted by Crippen LogP contribution is -2.53. The van der Waals surface area contributed by atoms with Gasteiger partial charge >= 0.3 is 6.18 Å². The maximum atomic E-state index is 14.0. The maximum absolute atomic E-state index is 14.0. The third-order valence-electron chi connectivity index (χ3n) is 6.64. The van der Waals surface area contributed by atoms with Crippen molar-refractivity contribution in [2.45, 2.75) is 45.5 Å². The Morgan fingerprint density at radius 3 is 2.24 bits per heavy atom. The van der Waals surface area contributed by atoms with Gasteiger partial charge in [-0.15, -0.1) is 0 Å². The van der Waals surface area contributed by atoms with Crippen molar-refractivity contribution in [2.24, 2.45) is 0 Å². The fraction of sp³-hybridized carbons (Fsp3) is 0.333. The molecule has 42 heavy (non-hydrogen) atoms. The fourth-order valence-corrected chi connectivity index (χ4v) is 5.46. The molecule has 0 spiro atoms. The van der Waals surface area contributed by atoms with Gasteiger partial charge in [0, 0.05) is 19.5 Å². The molecule has 0 saturated heterocycles. The van der Waals surface area contributed by atoms with Gasteiger partial charge in [0.15, 0.2) is 0 Å². The number of anilines is 1. The number of halogens is 4. The van der Waals surface area contributed by atoms with Gasteiger partial charge in [-0.3, -0.25) is 13.9 Å². The highest BCUT2D eigenvalue weighted by Gasteiger charge is 2.36. The van der Waals surface area contributed by atoms with Gasteiger partial charge in [0.1, 0.15) is 12.6 Å². The Morgan fingerprint density at radius 2 is 1.64 bits per heavy atom. The lowest BCUT2D eigenvalue weighted by atomic mass is 10.0. The fourth-order valence-electron chi connectivity index (χ4n) is 4.39. The first-order valence-electron chi connectivity index (χ1n) is 13.2. The first kappa shape index (κ1) is 32.9. The lowest BCUT2D eigenvalue weighted by Gasteiger charge is -2.34. The van der Waals surface area contributed by atoms with E-state index in [1.165, 1.54) is 4.90 Å². The van der Waals surface area contributed by atoms with Gasteiger partial charge in [-0.1, -0.05) is 73.1 Å². The van der Waals surface area contributed by atoms with E-state index in [9.17, 15) is 31.2 Å². The second-order valence-corrected chi connectivity index (χ2v) is 12.2. The molecule has 226 valence electrons. The summed E-state index contributed by atoms with van der Waals surface area (Å²) in [6, 6.07) is 17.9. The van der Waals surface area contributed by atoms with Crippen molar-refractivity contribution in [3.63, 3.8) is 0 Å². The molecule has 1 atom stereocenters. The van der Waals surface area contributed by atoms with E-state index in [-0.39, 0.29) is 18.7 Å². The van der Waals surface area contributed by atoms with Crippen LogP contribution in [0.4, 0.5) is 18.9 Å². The molecule has 0 aliphatic carbocycles. The third kappa shape index (κ3) is 8.72. The van der Waals surface area contributed by atoms with E-state index in [1.54, 1.807) is 24.3 Å². The van der Waals surface area contributed by atoms with Gasteiger partial charge in [0.05, 0.1) is 22.5 Å². The van der Waals surface area contributed by atoms with E-state index in [4.69, 9.17) is 11.6 Å². The van der Waals surface area contributed by atoms with E-state index in [0.717, 1.165) is 35.1 Å². The van der Waals surface area contributed by atoms with Crippen molar-refractivity contribution < 1.29 is 31.2 Å². The molecule has 3 aromatic carbocycles. The molecule has 0 aliphatic heterocycles. The second kappa shape index (κ2) is 14.1. The topological polar surface area (TPSA) is 86.8 Å². The molecule has 0 saturated carbocycles. The minimum absolute atomic E-state index is 0.0332. The molecule has 0 radical (unpaired) electrons. The predicted octanol–water partition coefficient (Wildman–Crippen LogP) is 5.60. The molecule has 0 bridgehead atoms. The van der Waals surface area contributed by atoms with E-state index in [2.05, 4.69) is 5.32 Å². The van der Waals surface area contributed by atoms with Crippen LogP contribution >= 0.6 is 11.6 Å². The van der Waals surface area contributed by atoms with Crippen LogP contribution < -0.4 is 9.62 Å². The normalized spacial score (nSPS) is 12.5. The average Bonchev–Trinajstić information content (AvgIpc) is 2.93. The number of aryl methyl sites for hydroxylation is 1. The molecule has 1 unspecified atom stereocenters. The van der Waals surface area contributed by atoms with Crippen LogP contribution in [0.1, 0.15) is 35.6 Å². The number of carbonyl (C=O) groups is 2. The number of rotatable bonds is 12. The zero-order chi connectivity index (χ0) is 31.1. The number of alkyl halides is 3. The van der Waals surface area contributed by atoms with Crippen LogP contribution in [0.25, 0.3) is 0 Å². The number of hydrogen-bond donors (Lipinski definition) is 1. The number of amides is 2. The van der Waals surface area contributed by atoms with Crippen LogP contribution in [0.15, 0.2) is 72.8 Å². The average molecular weight is 624 g/mol. The predicted molar refractivity (Wildman–Crippen MR) is 158 cm³/mol. The monoisotopic (exact) mass is 623 g/mol. The van der Waals surface area contributed by atoms with E-state index < -0.39 is 51.2 Å². The third-order valence-corrected chi connectivity index (χ3v) is 8.11. The molecule has 1 N–H and O–H groups in total. The van der Waals surface area contributed by atoms with E-state index in [1.807, 2.05) is 44.2 Å². The molecule has 12 heteroatoms. The van der Waals surface area contributed by atoms with E-state index in [0.29, 0.717) is 23.3 Å². The van der Waals surface area contributed by atoms with Crippen molar-refractivity contribution in [3.05, 3.63) is 100 Å². The molecular formula is C30H33ClF3N3O4S. The molecular weight excluding hydrogens is 591 g/mol. The quantitative estimate of drug-likeness (QED) is 0.285. The Morgan fingerprint density at radius 1 is 1.00 bits per heavy atom. The number of nitrogens with one attached hydrogen (secondary N) is 1. The van der Waals surface area contributed by atoms with Gasteiger partial charge in [-0.2, -0.15) is 13.2 Å². The number of hydrogen-bond acceptors (Lipinski definition) is 4. The highest BCUT2D eigenvalue weighted by atomic mass is 35.5.